The van der Waals surface area contributed by atoms with Gasteiger partial charge in [-0.3, -0.25) is 4.98 Å². The third kappa shape index (κ3) is 3.03. The number of nitrogens with one attached hydrogen (secondary N) is 1. The Balaban J connectivity index is 1.85. The molecule has 0 saturated heterocycles. The quantitative estimate of drug-likeness (QED) is 0.878. The first-order chi connectivity index (χ1) is 7.59. The molecule has 2 rings (SSSR count). The number of aromatic nitrogens is 1. The van der Waals surface area contributed by atoms with Crippen LogP contribution in [0.2, 0.25) is 0 Å². The van der Waals surface area contributed by atoms with Crippen LogP contribution in [0.3, 0.4) is 0 Å². The van der Waals surface area contributed by atoms with Gasteiger partial charge in [-0.25, -0.2) is 0 Å². The summed E-state index contributed by atoms with van der Waals surface area (Å²) in [4.78, 5) is 4.30. The van der Waals surface area contributed by atoms with Crippen molar-refractivity contribution in [3.63, 3.8) is 0 Å². The minimum Gasteiger partial charge on any atom is -0.389 e. The highest BCUT2D eigenvalue weighted by Gasteiger charge is 2.33. The van der Waals surface area contributed by atoms with E-state index in [2.05, 4.69) is 42.2 Å². The molecule has 1 aromatic rings. The van der Waals surface area contributed by atoms with E-state index in [9.17, 15) is 5.11 Å². The van der Waals surface area contributed by atoms with Crippen molar-refractivity contribution in [3.05, 3.63) is 26.9 Å². The first-order valence-electron chi connectivity index (χ1n) is 5.32. The molecule has 0 amide bonds. The summed E-state index contributed by atoms with van der Waals surface area (Å²) in [7, 11) is 0. The first kappa shape index (κ1) is 12.5. The van der Waals surface area contributed by atoms with Crippen LogP contribution in [0, 0.1) is 0 Å². The van der Waals surface area contributed by atoms with Crippen LogP contribution in [0.15, 0.2) is 21.2 Å². The van der Waals surface area contributed by atoms with E-state index in [0.717, 1.165) is 33.9 Å². The highest BCUT2D eigenvalue weighted by molar-refractivity contribution is 9.11. The van der Waals surface area contributed by atoms with Crippen LogP contribution in [0.1, 0.15) is 25.0 Å². The van der Waals surface area contributed by atoms with Crippen molar-refractivity contribution in [1.29, 1.82) is 0 Å². The van der Waals surface area contributed by atoms with Gasteiger partial charge in [0.1, 0.15) is 0 Å². The minimum absolute atomic E-state index is 0.470. The molecule has 1 saturated carbocycles. The lowest BCUT2D eigenvalue weighted by Gasteiger charge is -2.36. The predicted molar refractivity (Wildman–Crippen MR) is 70.1 cm³/mol. The number of rotatable bonds is 4. The van der Waals surface area contributed by atoms with Gasteiger partial charge in [-0.15, -0.1) is 0 Å². The maximum Gasteiger partial charge on any atom is 0.0771 e. The van der Waals surface area contributed by atoms with Crippen LogP contribution in [0.5, 0.6) is 0 Å². The monoisotopic (exact) mass is 348 g/mol. The molecule has 16 heavy (non-hydrogen) atoms. The zero-order valence-electron chi connectivity index (χ0n) is 8.84. The standard InChI is InChI=1S/C11H14Br2N2O/c12-8-4-9(13)10(15-5-8)6-14-7-11(16)2-1-3-11/h4-5,14,16H,1-3,6-7H2. The van der Waals surface area contributed by atoms with Gasteiger partial charge in [0.2, 0.25) is 0 Å². The molecule has 1 aromatic heterocycles. The predicted octanol–water partition coefficient (Wildman–Crippen LogP) is 2.61. The summed E-state index contributed by atoms with van der Waals surface area (Å²) in [6, 6.07) is 1.97. The Hall–Kier alpha value is 0.0300. The van der Waals surface area contributed by atoms with Gasteiger partial charge in [0.05, 0.1) is 11.3 Å². The molecule has 0 unspecified atom stereocenters. The summed E-state index contributed by atoms with van der Waals surface area (Å²) in [5, 5.41) is 13.1. The molecular formula is C11H14Br2N2O. The Morgan fingerprint density at radius 3 is 2.75 bits per heavy atom. The molecule has 2 N–H and O–H groups in total. The second-order valence-electron chi connectivity index (χ2n) is 4.26. The lowest BCUT2D eigenvalue weighted by molar-refractivity contribution is -0.0315. The van der Waals surface area contributed by atoms with Gasteiger partial charge in [0.15, 0.2) is 0 Å². The van der Waals surface area contributed by atoms with E-state index >= 15 is 0 Å². The van der Waals surface area contributed by atoms with Gasteiger partial charge >= 0.3 is 0 Å². The van der Waals surface area contributed by atoms with E-state index in [-0.39, 0.29) is 0 Å². The topological polar surface area (TPSA) is 45.1 Å². The highest BCUT2D eigenvalue weighted by atomic mass is 79.9. The number of aliphatic hydroxyl groups is 1. The molecule has 3 nitrogen and oxygen atoms in total. The van der Waals surface area contributed by atoms with Crippen LogP contribution in [-0.2, 0) is 6.54 Å². The highest BCUT2D eigenvalue weighted by Crippen LogP contribution is 2.30. The van der Waals surface area contributed by atoms with E-state index < -0.39 is 5.60 Å². The fourth-order valence-electron chi connectivity index (χ4n) is 1.75. The van der Waals surface area contributed by atoms with Crippen molar-refractivity contribution in [2.45, 2.75) is 31.4 Å². The van der Waals surface area contributed by atoms with Gasteiger partial charge < -0.3 is 10.4 Å². The van der Waals surface area contributed by atoms with Gasteiger partial charge in [-0.2, -0.15) is 0 Å². The molecule has 1 heterocycles. The number of halogens is 2. The maximum absolute atomic E-state index is 9.90. The Morgan fingerprint density at radius 1 is 1.44 bits per heavy atom. The van der Waals surface area contributed by atoms with Crippen LogP contribution >= 0.6 is 31.9 Å². The fourth-order valence-corrected chi connectivity index (χ4v) is 2.88. The number of hydrogen-bond acceptors (Lipinski definition) is 3. The van der Waals surface area contributed by atoms with Gasteiger partial charge in [-0.05, 0) is 57.2 Å². The SMILES string of the molecule is OC1(CNCc2ncc(Br)cc2Br)CCC1. The molecule has 1 aliphatic carbocycles. The maximum atomic E-state index is 9.90. The summed E-state index contributed by atoms with van der Waals surface area (Å²) in [5.41, 5.74) is 0.494. The largest absolute Gasteiger partial charge is 0.389 e. The molecule has 0 radical (unpaired) electrons. The van der Waals surface area contributed by atoms with Crippen LogP contribution in [0.4, 0.5) is 0 Å². The van der Waals surface area contributed by atoms with Crippen molar-refractivity contribution in [3.8, 4) is 0 Å². The molecule has 0 atom stereocenters. The fraction of sp³-hybridized carbons (Fsp3) is 0.545. The third-order valence-electron chi connectivity index (χ3n) is 2.91. The molecule has 1 fully saturated rings. The molecule has 88 valence electrons. The molecule has 1 aliphatic rings. The second-order valence-corrected chi connectivity index (χ2v) is 6.03. The van der Waals surface area contributed by atoms with Crippen molar-refractivity contribution < 1.29 is 5.11 Å². The van der Waals surface area contributed by atoms with E-state index in [1.54, 1.807) is 6.20 Å². The normalized spacial score (nSPS) is 18.2. The van der Waals surface area contributed by atoms with E-state index in [4.69, 9.17) is 0 Å². The van der Waals surface area contributed by atoms with E-state index in [1.807, 2.05) is 6.07 Å². The molecule has 0 bridgehead atoms. The average molecular weight is 350 g/mol. The summed E-state index contributed by atoms with van der Waals surface area (Å²) < 4.78 is 1.94. The van der Waals surface area contributed by atoms with Crippen LogP contribution in [-0.4, -0.2) is 22.2 Å². The van der Waals surface area contributed by atoms with Gasteiger partial charge in [0.25, 0.3) is 0 Å². The molecule has 0 aromatic carbocycles. The number of nitrogens with zero attached hydrogens (tertiary/aromatic N) is 1. The van der Waals surface area contributed by atoms with Crippen molar-refractivity contribution >= 4 is 31.9 Å². The summed E-state index contributed by atoms with van der Waals surface area (Å²) in [6.07, 6.45) is 4.74. The second kappa shape index (κ2) is 5.12. The van der Waals surface area contributed by atoms with Gasteiger partial charge in [0, 0.05) is 28.2 Å². The summed E-state index contributed by atoms with van der Waals surface area (Å²) in [6.45, 7) is 1.33. The minimum atomic E-state index is -0.470. The van der Waals surface area contributed by atoms with Crippen molar-refractivity contribution in [2.24, 2.45) is 0 Å². The molecule has 5 heteroatoms. The third-order valence-corrected chi connectivity index (χ3v) is 4.04. The van der Waals surface area contributed by atoms with Crippen molar-refractivity contribution in [2.75, 3.05) is 6.54 Å². The zero-order valence-corrected chi connectivity index (χ0v) is 12.0. The molecule has 0 aliphatic heterocycles. The Morgan fingerprint density at radius 2 is 2.19 bits per heavy atom. The zero-order chi connectivity index (χ0) is 11.6. The Bertz CT molecular complexity index is 380. The molecule has 0 spiro atoms. The van der Waals surface area contributed by atoms with E-state index in [0.29, 0.717) is 13.1 Å². The molecular weight excluding hydrogens is 336 g/mol. The van der Waals surface area contributed by atoms with Gasteiger partial charge in [-0.1, -0.05) is 0 Å². The Labute approximate surface area is 112 Å². The Kier molecular flexibility index (Phi) is 4.00. The number of pyridine rings is 1. The smallest absolute Gasteiger partial charge is 0.0771 e. The van der Waals surface area contributed by atoms with Crippen LogP contribution in [0.25, 0.3) is 0 Å². The van der Waals surface area contributed by atoms with Crippen LogP contribution < -0.4 is 5.32 Å². The first-order valence-corrected chi connectivity index (χ1v) is 6.91. The summed E-state index contributed by atoms with van der Waals surface area (Å²) in [5.74, 6) is 0. The lowest BCUT2D eigenvalue weighted by atomic mass is 9.80. The van der Waals surface area contributed by atoms with Crippen molar-refractivity contribution in [1.82, 2.24) is 10.3 Å². The lowest BCUT2D eigenvalue weighted by Crippen LogP contribution is -2.46. The average Bonchev–Trinajstić information content (AvgIpc) is 2.19. The van der Waals surface area contributed by atoms with E-state index in [1.165, 1.54) is 0 Å². The number of hydrogen-bond donors (Lipinski definition) is 2. The summed E-state index contributed by atoms with van der Waals surface area (Å²) >= 11 is 6.83.